The third kappa shape index (κ3) is 3.29. The lowest BCUT2D eigenvalue weighted by atomic mass is 9.92. The van der Waals surface area contributed by atoms with E-state index in [2.05, 4.69) is 39.6 Å². The van der Waals surface area contributed by atoms with Gasteiger partial charge in [0, 0.05) is 17.8 Å². The van der Waals surface area contributed by atoms with Crippen molar-refractivity contribution in [2.45, 2.75) is 58.8 Å². The van der Waals surface area contributed by atoms with Crippen molar-refractivity contribution in [3.05, 3.63) is 23.8 Å². The van der Waals surface area contributed by atoms with E-state index in [1.165, 1.54) is 12.8 Å². The first kappa shape index (κ1) is 12.2. The lowest BCUT2D eigenvalue weighted by molar-refractivity contribution is 0.551. The zero-order valence-electron chi connectivity index (χ0n) is 10.5. The Balaban J connectivity index is 2.92. The quantitative estimate of drug-likeness (QED) is 0.754. The van der Waals surface area contributed by atoms with E-state index in [4.69, 9.17) is 4.98 Å². The van der Waals surface area contributed by atoms with Crippen molar-refractivity contribution < 1.29 is 0 Å². The molecule has 2 heteroatoms. The Morgan fingerprint density at radius 3 is 2.47 bits per heavy atom. The van der Waals surface area contributed by atoms with E-state index in [1.807, 2.05) is 12.4 Å². The van der Waals surface area contributed by atoms with Gasteiger partial charge in [-0.25, -0.2) is 0 Å². The minimum atomic E-state index is 0.0922. The van der Waals surface area contributed by atoms with Crippen molar-refractivity contribution in [2.75, 3.05) is 0 Å². The van der Waals surface area contributed by atoms with Crippen molar-refractivity contribution in [3.63, 3.8) is 0 Å². The minimum Gasteiger partial charge on any atom is -0.261 e. The monoisotopic (exact) mass is 206 g/mol. The summed E-state index contributed by atoms with van der Waals surface area (Å²) in [7, 11) is 0. The molecule has 1 unspecified atom stereocenters. The first-order chi connectivity index (χ1) is 6.95. The fourth-order valence-electron chi connectivity index (χ4n) is 1.56. The van der Waals surface area contributed by atoms with Crippen molar-refractivity contribution >= 4 is 0 Å². The Hall–Kier alpha value is -0.920. The molecule has 1 rings (SSSR count). The second-order valence-corrected chi connectivity index (χ2v) is 5.27. The van der Waals surface area contributed by atoms with Crippen LogP contribution < -0.4 is 0 Å². The van der Waals surface area contributed by atoms with E-state index in [1.54, 1.807) is 0 Å². The number of hydrogen-bond acceptors (Lipinski definition) is 2. The molecule has 0 aliphatic rings. The normalized spacial score (nSPS) is 13.9. The molecule has 1 aromatic rings. The standard InChI is InChI=1S/C13H22N2/c1-6-7-10(2)11-8-14-9-12(15-11)13(3,4)5/h8-10H,6-7H2,1-5H3. The van der Waals surface area contributed by atoms with Crippen LogP contribution in [0.15, 0.2) is 12.4 Å². The van der Waals surface area contributed by atoms with E-state index < -0.39 is 0 Å². The van der Waals surface area contributed by atoms with Crippen LogP contribution in [0, 0.1) is 0 Å². The number of nitrogens with zero attached hydrogens (tertiary/aromatic N) is 2. The molecule has 1 aromatic heterocycles. The molecule has 0 aromatic carbocycles. The van der Waals surface area contributed by atoms with Crippen LogP contribution in [0.5, 0.6) is 0 Å². The molecule has 2 nitrogen and oxygen atoms in total. The van der Waals surface area contributed by atoms with Crippen LogP contribution in [0.2, 0.25) is 0 Å². The smallest absolute Gasteiger partial charge is 0.0643 e. The molecule has 0 radical (unpaired) electrons. The Morgan fingerprint density at radius 2 is 1.93 bits per heavy atom. The van der Waals surface area contributed by atoms with Gasteiger partial charge in [-0.15, -0.1) is 0 Å². The predicted molar refractivity (Wildman–Crippen MR) is 64.1 cm³/mol. The maximum atomic E-state index is 4.70. The highest BCUT2D eigenvalue weighted by atomic mass is 14.8. The fraction of sp³-hybridized carbons (Fsp3) is 0.692. The van der Waals surface area contributed by atoms with Gasteiger partial charge in [-0.3, -0.25) is 9.97 Å². The molecule has 1 atom stereocenters. The molecule has 1 heterocycles. The van der Waals surface area contributed by atoms with Crippen LogP contribution in [-0.4, -0.2) is 9.97 Å². The Bertz CT molecular complexity index is 313. The van der Waals surface area contributed by atoms with Gasteiger partial charge in [0.15, 0.2) is 0 Å². The van der Waals surface area contributed by atoms with Gasteiger partial charge in [0.2, 0.25) is 0 Å². The molecule has 84 valence electrons. The molecule has 0 saturated carbocycles. The summed E-state index contributed by atoms with van der Waals surface area (Å²) >= 11 is 0. The van der Waals surface area contributed by atoms with Crippen molar-refractivity contribution in [3.8, 4) is 0 Å². The summed E-state index contributed by atoms with van der Waals surface area (Å²) in [5.41, 5.74) is 2.31. The van der Waals surface area contributed by atoms with Crippen LogP contribution in [-0.2, 0) is 5.41 Å². The van der Waals surface area contributed by atoms with Crippen LogP contribution in [0.25, 0.3) is 0 Å². The second kappa shape index (κ2) is 4.73. The summed E-state index contributed by atoms with van der Waals surface area (Å²) < 4.78 is 0. The average Bonchev–Trinajstić information content (AvgIpc) is 2.17. The SMILES string of the molecule is CCCC(C)c1cncc(C(C)(C)C)n1. The molecule has 0 amide bonds. The van der Waals surface area contributed by atoms with Gasteiger partial charge in [-0.05, 0) is 12.3 Å². The van der Waals surface area contributed by atoms with Crippen molar-refractivity contribution in [1.29, 1.82) is 0 Å². The number of hydrogen-bond donors (Lipinski definition) is 0. The van der Waals surface area contributed by atoms with Crippen LogP contribution in [0.1, 0.15) is 64.8 Å². The fourth-order valence-corrected chi connectivity index (χ4v) is 1.56. The maximum Gasteiger partial charge on any atom is 0.0643 e. The van der Waals surface area contributed by atoms with E-state index in [0.29, 0.717) is 5.92 Å². The highest BCUT2D eigenvalue weighted by molar-refractivity contribution is 5.13. The lowest BCUT2D eigenvalue weighted by Crippen LogP contribution is -2.15. The van der Waals surface area contributed by atoms with Gasteiger partial charge >= 0.3 is 0 Å². The highest BCUT2D eigenvalue weighted by Crippen LogP contribution is 2.23. The van der Waals surface area contributed by atoms with E-state index >= 15 is 0 Å². The topological polar surface area (TPSA) is 25.8 Å². The molecular formula is C13H22N2. The first-order valence-electron chi connectivity index (χ1n) is 5.77. The Labute approximate surface area is 93.2 Å². The minimum absolute atomic E-state index is 0.0922. The molecule has 0 spiro atoms. The average molecular weight is 206 g/mol. The molecule has 0 N–H and O–H groups in total. The molecule has 0 fully saturated rings. The first-order valence-corrected chi connectivity index (χ1v) is 5.77. The molecule has 0 saturated heterocycles. The van der Waals surface area contributed by atoms with E-state index in [0.717, 1.165) is 11.4 Å². The molecular weight excluding hydrogens is 184 g/mol. The maximum absolute atomic E-state index is 4.70. The lowest BCUT2D eigenvalue weighted by Gasteiger charge is -2.19. The molecule has 0 aliphatic heterocycles. The van der Waals surface area contributed by atoms with Crippen LogP contribution in [0.3, 0.4) is 0 Å². The molecule has 15 heavy (non-hydrogen) atoms. The Kier molecular flexibility index (Phi) is 3.83. The summed E-state index contributed by atoms with van der Waals surface area (Å²) in [6.07, 6.45) is 6.16. The van der Waals surface area contributed by atoms with Crippen LogP contribution >= 0.6 is 0 Å². The third-order valence-corrected chi connectivity index (χ3v) is 2.65. The number of rotatable bonds is 3. The van der Waals surface area contributed by atoms with Crippen LogP contribution in [0.4, 0.5) is 0 Å². The van der Waals surface area contributed by atoms with Crippen molar-refractivity contribution in [2.24, 2.45) is 0 Å². The van der Waals surface area contributed by atoms with Gasteiger partial charge in [-0.1, -0.05) is 41.0 Å². The van der Waals surface area contributed by atoms with Gasteiger partial charge in [0.25, 0.3) is 0 Å². The largest absolute Gasteiger partial charge is 0.261 e. The summed E-state index contributed by atoms with van der Waals surface area (Å²) in [6.45, 7) is 10.9. The van der Waals surface area contributed by atoms with Crippen molar-refractivity contribution in [1.82, 2.24) is 9.97 Å². The van der Waals surface area contributed by atoms with Gasteiger partial charge < -0.3 is 0 Å². The highest BCUT2D eigenvalue weighted by Gasteiger charge is 2.17. The van der Waals surface area contributed by atoms with E-state index in [9.17, 15) is 0 Å². The van der Waals surface area contributed by atoms with Gasteiger partial charge in [-0.2, -0.15) is 0 Å². The summed E-state index contributed by atoms with van der Waals surface area (Å²) in [6, 6.07) is 0. The third-order valence-electron chi connectivity index (χ3n) is 2.65. The second-order valence-electron chi connectivity index (χ2n) is 5.27. The van der Waals surface area contributed by atoms with Gasteiger partial charge in [0.1, 0.15) is 0 Å². The Morgan fingerprint density at radius 1 is 1.27 bits per heavy atom. The number of aromatic nitrogens is 2. The zero-order chi connectivity index (χ0) is 11.5. The summed E-state index contributed by atoms with van der Waals surface area (Å²) in [4.78, 5) is 8.99. The molecule has 0 aliphatic carbocycles. The predicted octanol–water partition coefficient (Wildman–Crippen LogP) is 3.68. The zero-order valence-corrected chi connectivity index (χ0v) is 10.5. The molecule has 0 bridgehead atoms. The summed E-state index contributed by atoms with van der Waals surface area (Å²) in [5.74, 6) is 0.518. The summed E-state index contributed by atoms with van der Waals surface area (Å²) in [5, 5.41) is 0. The van der Waals surface area contributed by atoms with E-state index in [-0.39, 0.29) is 5.41 Å². The van der Waals surface area contributed by atoms with Gasteiger partial charge in [0.05, 0.1) is 11.4 Å².